The van der Waals surface area contributed by atoms with Crippen molar-refractivity contribution in [3.05, 3.63) is 101 Å². The van der Waals surface area contributed by atoms with Crippen LogP contribution in [-0.2, 0) is 16.3 Å². The minimum Gasteiger partial charge on any atom is -0.324 e. The van der Waals surface area contributed by atoms with E-state index in [1.165, 1.54) is 11.4 Å². The van der Waals surface area contributed by atoms with Crippen molar-refractivity contribution in [2.75, 3.05) is 0 Å². The molecular formula is C20H12F5OPS3. The average molecular weight is 490 g/mol. The molecule has 0 bridgehead atoms. The van der Waals surface area contributed by atoms with Gasteiger partial charge in [0.1, 0.15) is 6.10 Å². The van der Waals surface area contributed by atoms with Crippen molar-refractivity contribution in [2.24, 2.45) is 0 Å². The van der Waals surface area contributed by atoms with Crippen LogP contribution in [0.1, 0.15) is 22.5 Å². The van der Waals surface area contributed by atoms with Crippen molar-refractivity contribution in [3.63, 3.8) is 0 Å². The number of halogens is 5. The van der Waals surface area contributed by atoms with E-state index in [0.29, 0.717) is 11.4 Å². The summed E-state index contributed by atoms with van der Waals surface area (Å²) in [5.74, 6) is -9.99. The van der Waals surface area contributed by atoms with Gasteiger partial charge in [-0.25, -0.2) is 22.0 Å². The van der Waals surface area contributed by atoms with Crippen molar-refractivity contribution in [2.45, 2.75) is 16.2 Å². The normalized spacial score (nSPS) is 23.6. The Kier molecular flexibility index (Phi) is 6.28. The van der Waals surface area contributed by atoms with Gasteiger partial charge in [0.2, 0.25) is 5.82 Å². The lowest BCUT2D eigenvalue weighted by Crippen LogP contribution is -2.04. The van der Waals surface area contributed by atoms with Gasteiger partial charge >= 0.3 is 0 Å². The maximum Gasteiger partial charge on any atom is 0.200 e. The highest BCUT2D eigenvalue weighted by atomic mass is 33.2. The van der Waals surface area contributed by atoms with Gasteiger partial charge in [0, 0.05) is 0 Å². The van der Waals surface area contributed by atoms with Crippen molar-refractivity contribution in [1.29, 1.82) is 0 Å². The smallest absolute Gasteiger partial charge is 0.200 e. The van der Waals surface area contributed by atoms with Gasteiger partial charge in [-0.1, -0.05) is 72.0 Å². The zero-order chi connectivity index (χ0) is 21.5. The van der Waals surface area contributed by atoms with E-state index in [9.17, 15) is 22.0 Å². The highest BCUT2D eigenvalue weighted by molar-refractivity contribution is 8.99. The zero-order valence-corrected chi connectivity index (χ0v) is 18.2. The predicted octanol–water partition coefficient (Wildman–Crippen LogP) is 7.94. The molecule has 1 saturated heterocycles. The SMILES string of the molecule is Fc1c(F)c(F)c(SP2(=S)O[C@H](c3ccccc3)[C@H](c3ccccc3)S2)c(F)c1F. The van der Waals surface area contributed by atoms with E-state index < -0.39 is 44.8 Å². The average Bonchev–Trinajstić information content (AvgIpc) is 3.13. The molecule has 10 heteroatoms. The van der Waals surface area contributed by atoms with Crippen LogP contribution in [-0.4, -0.2) is 0 Å². The first-order valence-electron chi connectivity index (χ1n) is 8.58. The Morgan fingerprint density at radius 2 is 1.20 bits per heavy atom. The summed E-state index contributed by atoms with van der Waals surface area (Å²) in [6.07, 6.45) is -0.529. The van der Waals surface area contributed by atoms with Crippen LogP contribution >= 0.6 is 27.4 Å². The van der Waals surface area contributed by atoms with Crippen LogP contribution in [0.5, 0.6) is 0 Å². The van der Waals surface area contributed by atoms with Crippen molar-refractivity contribution >= 4 is 39.2 Å². The van der Waals surface area contributed by atoms with Crippen molar-refractivity contribution < 1.29 is 26.5 Å². The predicted molar refractivity (Wildman–Crippen MR) is 113 cm³/mol. The number of hydrogen-bond donors (Lipinski definition) is 0. The molecule has 0 spiro atoms. The monoisotopic (exact) mass is 490 g/mol. The zero-order valence-electron chi connectivity index (χ0n) is 14.9. The van der Waals surface area contributed by atoms with Gasteiger partial charge in [0.25, 0.3) is 0 Å². The Morgan fingerprint density at radius 3 is 1.73 bits per heavy atom. The molecule has 3 aromatic rings. The first kappa shape index (κ1) is 21.8. The summed E-state index contributed by atoms with van der Waals surface area (Å²) < 4.78 is 72.1. The fourth-order valence-corrected chi connectivity index (χ4v) is 12.5. The lowest BCUT2D eigenvalue weighted by molar-refractivity contribution is 0.247. The van der Waals surface area contributed by atoms with Gasteiger partial charge in [0.05, 0.1) is 10.1 Å². The molecule has 0 aliphatic carbocycles. The Bertz CT molecular complexity index is 1050. The molecule has 1 unspecified atom stereocenters. The largest absolute Gasteiger partial charge is 0.324 e. The van der Waals surface area contributed by atoms with Gasteiger partial charge in [-0.3, -0.25) is 0 Å². The number of benzene rings is 3. The van der Waals surface area contributed by atoms with Gasteiger partial charge in [0.15, 0.2) is 27.9 Å². The second-order valence-electron chi connectivity index (χ2n) is 6.31. The molecule has 1 nitrogen and oxygen atoms in total. The Morgan fingerprint density at radius 1 is 0.733 bits per heavy atom. The third kappa shape index (κ3) is 4.06. The number of hydrogen-bond acceptors (Lipinski definition) is 4. The summed E-state index contributed by atoms with van der Waals surface area (Å²) in [6, 6.07) is 18.5. The molecule has 1 fully saturated rings. The van der Waals surface area contributed by atoms with E-state index in [1.54, 1.807) is 0 Å². The van der Waals surface area contributed by atoms with Crippen LogP contribution in [0.4, 0.5) is 22.0 Å². The minimum atomic E-state index is -3.11. The third-order valence-electron chi connectivity index (χ3n) is 4.39. The van der Waals surface area contributed by atoms with E-state index in [0.717, 1.165) is 11.1 Å². The molecule has 4 rings (SSSR count). The molecule has 3 aromatic carbocycles. The van der Waals surface area contributed by atoms with Crippen molar-refractivity contribution in [3.8, 4) is 0 Å². The van der Waals surface area contributed by atoms with E-state index in [4.69, 9.17) is 16.3 Å². The Hall–Kier alpha value is -1.38. The van der Waals surface area contributed by atoms with Crippen molar-refractivity contribution in [1.82, 2.24) is 0 Å². The van der Waals surface area contributed by atoms with Crippen LogP contribution in [0.25, 0.3) is 0 Å². The fourth-order valence-electron chi connectivity index (χ4n) is 2.99. The number of rotatable bonds is 4. The van der Waals surface area contributed by atoms with E-state index in [1.807, 2.05) is 60.7 Å². The van der Waals surface area contributed by atoms with E-state index >= 15 is 0 Å². The first-order chi connectivity index (χ1) is 14.3. The summed E-state index contributed by atoms with van der Waals surface area (Å²) in [6.45, 7) is 0. The molecule has 1 aliphatic heterocycles. The van der Waals surface area contributed by atoms with Crippen LogP contribution < -0.4 is 0 Å². The second-order valence-corrected chi connectivity index (χ2v) is 16.6. The van der Waals surface area contributed by atoms with Crippen LogP contribution in [0.2, 0.25) is 0 Å². The van der Waals surface area contributed by atoms with Crippen LogP contribution in [0.3, 0.4) is 0 Å². The standard InChI is InChI=1S/C20H12F5OPS3/c21-13-14(22)16(24)20(17(25)15(13)23)30-27(28)26-18(11-7-3-1-4-8-11)19(29-27)12-9-5-2-6-10-12/h1-10,18-19H/t18-,19+,27?/m1/s1. The second kappa shape index (κ2) is 8.63. The summed E-state index contributed by atoms with van der Waals surface area (Å²) in [5, 5.41) is -0.298. The molecule has 0 saturated carbocycles. The maximum absolute atomic E-state index is 14.2. The van der Waals surface area contributed by atoms with Gasteiger partial charge in [-0.05, 0) is 34.3 Å². The lowest BCUT2D eigenvalue weighted by Gasteiger charge is -2.18. The molecule has 156 valence electrons. The molecular weight excluding hydrogens is 478 g/mol. The Balaban J connectivity index is 1.74. The van der Waals surface area contributed by atoms with E-state index in [-0.39, 0.29) is 5.25 Å². The summed E-state index contributed by atoms with van der Waals surface area (Å²) in [7, 11) is 0. The Labute approximate surface area is 182 Å². The summed E-state index contributed by atoms with van der Waals surface area (Å²) in [4.78, 5) is -1.01. The fraction of sp³-hybridized carbons (Fsp3) is 0.100. The summed E-state index contributed by atoms with van der Waals surface area (Å²) in [5.41, 5.74) is 1.70. The molecule has 0 amide bonds. The molecule has 30 heavy (non-hydrogen) atoms. The maximum atomic E-state index is 14.2. The molecule has 0 aromatic heterocycles. The summed E-state index contributed by atoms with van der Waals surface area (Å²) >= 11 is 7.19. The highest BCUT2D eigenvalue weighted by Crippen LogP contribution is 2.84. The molecule has 1 heterocycles. The third-order valence-corrected chi connectivity index (χ3v) is 13.0. The van der Waals surface area contributed by atoms with Gasteiger partial charge < -0.3 is 4.52 Å². The molecule has 3 atom stereocenters. The van der Waals surface area contributed by atoms with Crippen LogP contribution in [0.15, 0.2) is 65.6 Å². The first-order valence-corrected chi connectivity index (χ1v) is 14.2. The lowest BCUT2D eigenvalue weighted by atomic mass is 10.0. The molecule has 1 aliphatic rings. The van der Waals surface area contributed by atoms with Gasteiger partial charge in [-0.2, -0.15) is 0 Å². The quantitative estimate of drug-likeness (QED) is 0.159. The molecule has 0 N–H and O–H groups in total. The molecule has 0 radical (unpaired) electrons. The van der Waals surface area contributed by atoms with Crippen LogP contribution in [0, 0.1) is 29.1 Å². The van der Waals surface area contributed by atoms with Gasteiger partial charge in [-0.15, -0.1) is 0 Å². The highest BCUT2D eigenvalue weighted by Gasteiger charge is 2.44. The topological polar surface area (TPSA) is 9.23 Å². The minimum absolute atomic E-state index is 0.298. The van der Waals surface area contributed by atoms with E-state index in [2.05, 4.69) is 0 Å².